The number of rotatable bonds is 5. The zero-order valence-corrected chi connectivity index (χ0v) is 11.3. The lowest BCUT2D eigenvalue weighted by atomic mass is 9.97. The van der Waals surface area contributed by atoms with Crippen molar-refractivity contribution in [3.8, 4) is 0 Å². The predicted molar refractivity (Wildman–Crippen MR) is 74.0 cm³/mol. The van der Waals surface area contributed by atoms with E-state index in [1.165, 1.54) is 18.9 Å². The number of nitrogens with two attached hydrogens (primary N) is 1. The van der Waals surface area contributed by atoms with E-state index in [9.17, 15) is 4.39 Å². The Hall–Kier alpha value is -0.970. The summed E-state index contributed by atoms with van der Waals surface area (Å²) >= 11 is 0. The highest BCUT2D eigenvalue weighted by Crippen LogP contribution is 2.23. The maximum absolute atomic E-state index is 13.4. The molecule has 1 saturated heterocycles. The number of aliphatic hydroxyl groups is 1. The van der Waals surface area contributed by atoms with Crippen LogP contribution in [0, 0.1) is 5.82 Å². The maximum atomic E-state index is 13.4. The highest BCUT2D eigenvalue weighted by molar-refractivity contribution is 5.27. The zero-order chi connectivity index (χ0) is 13.7. The molecule has 0 radical (unpaired) electrons. The number of benzene rings is 1. The van der Waals surface area contributed by atoms with E-state index < -0.39 is 0 Å². The second kappa shape index (κ2) is 6.98. The Labute approximate surface area is 114 Å². The molecule has 0 aliphatic carbocycles. The van der Waals surface area contributed by atoms with Crippen molar-refractivity contribution in [3.05, 3.63) is 35.1 Å². The van der Waals surface area contributed by atoms with Crippen LogP contribution in [0.4, 0.5) is 4.39 Å². The molecule has 0 amide bonds. The van der Waals surface area contributed by atoms with Crippen LogP contribution in [0.25, 0.3) is 0 Å². The monoisotopic (exact) mass is 266 g/mol. The lowest BCUT2D eigenvalue weighted by Gasteiger charge is -2.36. The third kappa shape index (κ3) is 3.75. The standard InChI is InChI=1S/C15H23FN2O/c16-14-5-4-12(10-17)13(9-14)11-18-7-2-1-3-15(18)6-8-19/h4-5,9,15,19H,1-3,6-8,10-11,17H2. The van der Waals surface area contributed by atoms with Gasteiger partial charge in [-0.15, -0.1) is 0 Å². The number of nitrogens with zero attached hydrogens (tertiary/aromatic N) is 1. The summed E-state index contributed by atoms with van der Waals surface area (Å²) in [5.74, 6) is -0.206. The van der Waals surface area contributed by atoms with Gasteiger partial charge in [0.05, 0.1) is 0 Å². The molecule has 0 aromatic heterocycles. The summed E-state index contributed by atoms with van der Waals surface area (Å²) in [5, 5.41) is 9.14. The second-order valence-electron chi connectivity index (χ2n) is 5.25. The van der Waals surface area contributed by atoms with Gasteiger partial charge in [0, 0.05) is 25.7 Å². The molecular formula is C15H23FN2O. The number of hydrogen-bond donors (Lipinski definition) is 2. The quantitative estimate of drug-likeness (QED) is 0.857. The van der Waals surface area contributed by atoms with Crippen molar-refractivity contribution < 1.29 is 9.50 Å². The largest absolute Gasteiger partial charge is 0.396 e. The van der Waals surface area contributed by atoms with E-state index in [-0.39, 0.29) is 12.4 Å². The van der Waals surface area contributed by atoms with Gasteiger partial charge >= 0.3 is 0 Å². The highest BCUT2D eigenvalue weighted by atomic mass is 19.1. The van der Waals surface area contributed by atoms with E-state index in [1.54, 1.807) is 12.1 Å². The molecule has 1 aromatic carbocycles. The fraction of sp³-hybridized carbons (Fsp3) is 0.600. The zero-order valence-electron chi connectivity index (χ0n) is 11.3. The number of halogens is 1. The lowest BCUT2D eigenvalue weighted by molar-refractivity contribution is 0.112. The third-order valence-corrected chi connectivity index (χ3v) is 3.97. The molecule has 1 atom stereocenters. The van der Waals surface area contributed by atoms with Gasteiger partial charge in [-0.05, 0) is 49.1 Å². The number of likely N-dealkylation sites (tertiary alicyclic amines) is 1. The molecule has 1 aliphatic rings. The number of hydrogen-bond acceptors (Lipinski definition) is 3. The molecule has 0 spiro atoms. The third-order valence-electron chi connectivity index (χ3n) is 3.97. The van der Waals surface area contributed by atoms with Crippen LogP contribution in [0.1, 0.15) is 36.8 Å². The molecule has 19 heavy (non-hydrogen) atoms. The minimum Gasteiger partial charge on any atom is -0.396 e. The van der Waals surface area contributed by atoms with Crippen molar-refractivity contribution >= 4 is 0 Å². The Bertz CT molecular complexity index is 409. The molecule has 1 aliphatic heterocycles. The van der Waals surface area contributed by atoms with Gasteiger partial charge in [0.2, 0.25) is 0 Å². The first-order valence-corrected chi connectivity index (χ1v) is 7.07. The van der Waals surface area contributed by atoms with Crippen LogP contribution < -0.4 is 5.73 Å². The molecule has 106 valence electrons. The van der Waals surface area contributed by atoms with E-state index in [0.29, 0.717) is 12.6 Å². The number of piperidine rings is 1. The van der Waals surface area contributed by atoms with Gasteiger partial charge in [0.25, 0.3) is 0 Å². The van der Waals surface area contributed by atoms with Gasteiger partial charge in [-0.1, -0.05) is 12.5 Å². The Morgan fingerprint density at radius 3 is 2.89 bits per heavy atom. The predicted octanol–water partition coefficient (Wildman–Crippen LogP) is 2.02. The summed E-state index contributed by atoms with van der Waals surface area (Å²) in [6.07, 6.45) is 4.31. The van der Waals surface area contributed by atoms with Gasteiger partial charge < -0.3 is 10.8 Å². The van der Waals surface area contributed by atoms with Crippen LogP contribution >= 0.6 is 0 Å². The first kappa shape index (κ1) is 14.4. The average molecular weight is 266 g/mol. The fourth-order valence-corrected chi connectivity index (χ4v) is 2.90. The van der Waals surface area contributed by atoms with Crippen molar-refractivity contribution in [1.29, 1.82) is 0 Å². The van der Waals surface area contributed by atoms with E-state index in [2.05, 4.69) is 4.90 Å². The molecule has 3 N–H and O–H groups in total. The van der Waals surface area contributed by atoms with Gasteiger partial charge in [0.15, 0.2) is 0 Å². The molecule has 1 aromatic rings. The van der Waals surface area contributed by atoms with Crippen molar-refractivity contribution in [2.45, 2.75) is 44.8 Å². The molecule has 1 heterocycles. The summed E-state index contributed by atoms with van der Waals surface area (Å²) in [7, 11) is 0. The van der Waals surface area contributed by atoms with Crippen LogP contribution in [0.5, 0.6) is 0 Å². The lowest BCUT2D eigenvalue weighted by Crippen LogP contribution is -2.39. The van der Waals surface area contributed by atoms with E-state index in [1.807, 2.05) is 0 Å². The SMILES string of the molecule is NCc1ccc(F)cc1CN1CCCCC1CCO. The van der Waals surface area contributed by atoms with Crippen LogP contribution in [-0.4, -0.2) is 29.2 Å². The molecule has 0 bridgehead atoms. The Morgan fingerprint density at radius 2 is 2.16 bits per heavy atom. The topological polar surface area (TPSA) is 49.5 Å². The summed E-state index contributed by atoms with van der Waals surface area (Å²) in [4.78, 5) is 2.35. The van der Waals surface area contributed by atoms with Gasteiger partial charge in [-0.3, -0.25) is 4.90 Å². The smallest absolute Gasteiger partial charge is 0.123 e. The fourth-order valence-electron chi connectivity index (χ4n) is 2.90. The normalized spacial score (nSPS) is 20.7. The van der Waals surface area contributed by atoms with E-state index in [4.69, 9.17) is 10.8 Å². The minimum atomic E-state index is -0.206. The summed E-state index contributed by atoms with van der Waals surface area (Å²) in [6, 6.07) is 5.24. The van der Waals surface area contributed by atoms with E-state index >= 15 is 0 Å². The number of aliphatic hydroxyl groups excluding tert-OH is 1. The average Bonchev–Trinajstić information content (AvgIpc) is 2.42. The van der Waals surface area contributed by atoms with Crippen molar-refractivity contribution in [2.75, 3.05) is 13.2 Å². The minimum absolute atomic E-state index is 0.206. The molecule has 2 rings (SSSR count). The molecule has 1 fully saturated rings. The molecule has 0 saturated carbocycles. The van der Waals surface area contributed by atoms with E-state index in [0.717, 1.165) is 37.1 Å². The van der Waals surface area contributed by atoms with Gasteiger partial charge in [0.1, 0.15) is 5.82 Å². The molecular weight excluding hydrogens is 243 g/mol. The van der Waals surface area contributed by atoms with Gasteiger partial charge in [-0.25, -0.2) is 4.39 Å². The first-order valence-electron chi connectivity index (χ1n) is 7.07. The second-order valence-corrected chi connectivity index (χ2v) is 5.25. The Kier molecular flexibility index (Phi) is 5.31. The highest BCUT2D eigenvalue weighted by Gasteiger charge is 2.22. The van der Waals surface area contributed by atoms with Gasteiger partial charge in [-0.2, -0.15) is 0 Å². The summed E-state index contributed by atoms with van der Waals surface area (Å²) in [6.45, 7) is 2.41. The Balaban J connectivity index is 2.11. The Morgan fingerprint density at radius 1 is 1.32 bits per heavy atom. The molecule has 4 heteroatoms. The summed E-state index contributed by atoms with van der Waals surface area (Å²) < 4.78 is 13.4. The summed E-state index contributed by atoms with van der Waals surface area (Å²) in [5.41, 5.74) is 7.71. The van der Waals surface area contributed by atoms with Crippen molar-refractivity contribution in [3.63, 3.8) is 0 Å². The molecule has 3 nitrogen and oxygen atoms in total. The van der Waals surface area contributed by atoms with Crippen LogP contribution in [0.15, 0.2) is 18.2 Å². The van der Waals surface area contributed by atoms with Crippen LogP contribution in [0.3, 0.4) is 0 Å². The first-order chi connectivity index (χ1) is 9.24. The van der Waals surface area contributed by atoms with Crippen LogP contribution in [0.2, 0.25) is 0 Å². The van der Waals surface area contributed by atoms with Crippen molar-refractivity contribution in [1.82, 2.24) is 4.90 Å². The maximum Gasteiger partial charge on any atom is 0.123 e. The van der Waals surface area contributed by atoms with Crippen LogP contribution in [-0.2, 0) is 13.1 Å². The molecule has 1 unspecified atom stereocenters. The van der Waals surface area contributed by atoms with Crippen molar-refractivity contribution in [2.24, 2.45) is 5.73 Å².